The van der Waals surface area contributed by atoms with Gasteiger partial charge in [0.05, 0.1) is 96.7 Å². The fourth-order valence-corrected chi connectivity index (χ4v) is 20.7. The van der Waals surface area contributed by atoms with Crippen molar-refractivity contribution in [1.29, 1.82) is 0 Å². The number of halogens is 4. The topological polar surface area (TPSA) is 370 Å². The van der Waals surface area contributed by atoms with E-state index in [2.05, 4.69) is 205 Å². The molecule has 5 aromatic heterocycles. The van der Waals surface area contributed by atoms with Crippen LogP contribution in [-0.4, -0.2) is 80.4 Å². The third-order valence-electron chi connectivity index (χ3n) is 25.3. The molecule has 6 N–H and O–H groups in total. The summed E-state index contributed by atoms with van der Waals surface area (Å²) < 4.78 is 42.8. The summed E-state index contributed by atoms with van der Waals surface area (Å²) in [6, 6.07) is 48.5. The molecule has 146 heavy (non-hydrogen) atoms. The second-order valence-electron chi connectivity index (χ2n) is 42.6. The van der Waals surface area contributed by atoms with E-state index in [4.69, 9.17) is 36.7 Å². The second-order valence-corrected chi connectivity index (χ2v) is 46.1. The molecule has 5 aliphatic rings. The number of methoxy groups -OCH3 is 2. The standard InChI is InChI=1S/C24H23Br2NO3.C24H25NO3.C23H21NO5.C21H17Br2NO4.C21H19NO4.5CH4/c1-23(2,3)11-7-14-18(22(29)30-20(14)15(8-11)24(4,5)6)17-13-9-12(25)10-16(26)19(13)27-21(17)28;1-23(2,3)13-11-15-19(18-14-9-7-8-10-17(14)25-21(18)26)22(27)28-20(15)16(12-13)24(4,5)6;1-23(2,3)15-11-12(8-9-17(25)26)10-14-19(22(28)29-20(14)15)18-13-6-4-5-7-16(13)24-21(18)27;1-21(2,3)13-8-10(27-4)7-12-16(20(26)28-18(12)13)15-11-5-9(22)6-14(23)17(11)24-19(15)25;1-21(2,3)14-10-11(25-4)9-13-17(20(24)26-18(13)14)16-12-7-5-6-8-15(12)22-19(16)23;;;;;/h7-10,29H,1-6H3;7-12,27H,1-6H3;4-7,10-11,28H,8-9H2,1-3H3,(H,25,26);5-8,26H,1-4H3;5-10,24H,1-4H3;5*1H4. The molecule has 0 saturated carbocycles. The maximum absolute atomic E-state index is 13.0. The lowest BCUT2D eigenvalue weighted by atomic mass is 9.79. The van der Waals surface area contributed by atoms with Crippen LogP contribution >= 0.6 is 63.7 Å². The quantitative estimate of drug-likeness (QED) is 0.0740. The molecular weight excluding hydrogens is 2110 g/mol. The summed E-state index contributed by atoms with van der Waals surface area (Å²) in [5.74, 6) is -3.02. The van der Waals surface area contributed by atoms with Crippen molar-refractivity contribution in [1.82, 2.24) is 0 Å². The van der Waals surface area contributed by atoms with Gasteiger partial charge >= 0.3 is 5.97 Å². The van der Waals surface area contributed by atoms with E-state index in [1.54, 1.807) is 62.8 Å². The van der Waals surface area contributed by atoms with E-state index in [1.165, 1.54) is 0 Å². The number of rotatable bonds is 10. The number of nitrogens with zero attached hydrogens (tertiary/aromatic N) is 5. The number of carboxylic acid groups (broad SMARTS) is 1. The zero-order chi connectivity index (χ0) is 103. The predicted molar refractivity (Wildman–Crippen MR) is 588 cm³/mol. The number of hydrogen-bond donors (Lipinski definition) is 6. The Morgan fingerprint density at radius 1 is 0.308 bits per heavy atom. The van der Waals surface area contributed by atoms with Crippen LogP contribution in [0.25, 0.3) is 82.7 Å². The molecule has 0 spiro atoms. The Labute approximate surface area is 880 Å². The van der Waals surface area contributed by atoms with Gasteiger partial charge in [0.1, 0.15) is 39.4 Å². The maximum Gasteiger partial charge on any atom is 0.303 e. The molecule has 24 nitrogen and oxygen atoms in total. The van der Waals surface area contributed by atoms with Crippen LogP contribution in [-0.2, 0) is 73.1 Å². The van der Waals surface area contributed by atoms with Crippen molar-refractivity contribution in [3.63, 3.8) is 0 Å². The number of benzene rings is 10. The van der Waals surface area contributed by atoms with Gasteiger partial charge in [0, 0.05) is 105 Å². The van der Waals surface area contributed by atoms with Gasteiger partial charge in [0.2, 0.25) is 0 Å². The number of para-hydroxylation sites is 3. The van der Waals surface area contributed by atoms with Gasteiger partial charge in [-0.15, -0.1) is 0 Å². The molecule has 0 saturated heterocycles. The Morgan fingerprint density at radius 2 is 0.555 bits per heavy atom. The number of furan rings is 5. The average molecular weight is 2240 g/mol. The summed E-state index contributed by atoms with van der Waals surface area (Å²) in [5.41, 5.74) is 12.6. The number of carboxylic acids is 1. The summed E-state index contributed by atoms with van der Waals surface area (Å²) in [4.78, 5) is 95.5. The van der Waals surface area contributed by atoms with Crippen molar-refractivity contribution in [2.24, 2.45) is 25.0 Å². The van der Waals surface area contributed by atoms with Crippen LogP contribution in [0.4, 0.5) is 0 Å². The number of aromatic hydroxyl groups is 5. The highest BCUT2D eigenvalue weighted by Gasteiger charge is 2.39. The minimum Gasteiger partial charge on any atom is -0.497 e. The Hall–Kier alpha value is -13.4. The molecule has 0 unspecified atom stereocenters. The number of amides is 5. The van der Waals surface area contributed by atoms with Gasteiger partial charge in [-0.1, -0.05) is 287 Å². The highest BCUT2D eigenvalue weighted by Crippen LogP contribution is 2.50. The fraction of sp³-hybridized carbons (Fsp3) is 0.314. The van der Waals surface area contributed by atoms with Crippen LogP contribution in [0.1, 0.15) is 261 Å². The molecule has 5 aliphatic heterocycles. The molecule has 28 heteroatoms. The number of fused-ring (bicyclic) bond motifs is 10. The Morgan fingerprint density at radius 3 is 0.822 bits per heavy atom. The van der Waals surface area contributed by atoms with Gasteiger partial charge in [-0.25, -0.2) is 25.0 Å². The molecule has 20 rings (SSSR count). The van der Waals surface area contributed by atoms with Crippen LogP contribution < -0.4 is 62.4 Å². The lowest BCUT2D eigenvalue weighted by Crippen LogP contribution is -2.24. The van der Waals surface area contributed by atoms with Gasteiger partial charge in [-0.3, -0.25) is 28.8 Å². The van der Waals surface area contributed by atoms with Gasteiger partial charge in [0.15, 0.2) is 0 Å². The third-order valence-corrected chi connectivity index (χ3v) is 27.4. The smallest absolute Gasteiger partial charge is 0.303 e. The lowest BCUT2D eigenvalue weighted by Gasteiger charge is -2.25. The Bertz CT molecular complexity index is 8690. The Kier molecular flexibility index (Phi) is 31.8. The zero-order valence-electron chi connectivity index (χ0n) is 82.2. The SMILES string of the molecule is C.C.C.C.C.CC(C)(C)c1cc(C(C)(C)C)c2oc(O)c(C3=c4cc(Br)cc(Br)c4=NC3=O)c2c1.CC(C)(C)c1cc(C(C)(C)C)c2oc(O)c(C3=c4ccccc4=NC3=O)c2c1.CC(C)(C)c1cc(CCC(=O)O)cc2c(C3=c4ccccc4=NC3=O)c(O)oc12.COc1cc(C(C)(C)C)c2oc(O)c(C3=c4cc(Br)cc(Br)c4=NC3=O)c2c1.COc1cc(C(C)(C)C)c2oc(O)c(C3=c4ccccc4=NC3=O)c2c1. The highest BCUT2D eigenvalue weighted by atomic mass is 79.9. The second kappa shape index (κ2) is 41.1. The third kappa shape index (κ3) is 21.1. The number of carbonyl (C=O) groups excluding carboxylic acids is 5. The maximum atomic E-state index is 13.0. The van der Waals surface area contributed by atoms with E-state index < -0.39 is 17.8 Å². The van der Waals surface area contributed by atoms with E-state index in [-0.39, 0.29) is 129 Å². The molecule has 0 radical (unpaired) electrons. The summed E-state index contributed by atoms with van der Waals surface area (Å²) in [5, 5.41) is 72.1. The molecule has 10 heterocycles. The van der Waals surface area contributed by atoms with E-state index in [1.807, 2.05) is 139 Å². The minimum atomic E-state index is -0.884. The molecule has 764 valence electrons. The van der Waals surface area contributed by atoms with Crippen molar-refractivity contribution in [3.05, 3.63) is 301 Å². The monoisotopic (exact) mass is 2230 g/mol. The molecule has 5 amide bonds. The first-order valence-electron chi connectivity index (χ1n) is 45.6. The van der Waals surface area contributed by atoms with Gasteiger partial charge in [-0.05, 0) is 178 Å². The van der Waals surface area contributed by atoms with Crippen molar-refractivity contribution in [2.75, 3.05) is 14.2 Å². The molecule has 0 atom stereocenters. The van der Waals surface area contributed by atoms with Crippen LogP contribution in [0, 0.1) is 0 Å². The van der Waals surface area contributed by atoms with Gasteiger partial charge in [0.25, 0.3) is 59.3 Å². The van der Waals surface area contributed by atoms with E-state index >= 15 is 0 Å². The number of carbonyl (C=O) groups is 6. The van der Waals surface area contributed by atoms with Crippen molar-refractivity contribution >= 4 is 182 Å². The number of aliphatic carboxylic acids is 1. The van der Waals surface area contributed by atoms with Crippen LogP contribution in [0.3, 0.4) is 0 Å². The summed E-state index contributed by atoms with van der Waals surface area (Å²) in [6.45, 7) is 43.9. The number of ether oxygens (including phenoxy) is 2. The molecule has 0 bridgehead atoms. The molecular formula is C118H125Br4N5O19. The number of hydrogen-bond acceptors (Lipinski definition) is 18. The first-order chi connectivity index (χ1) is 65.9. The van der Waals surface area contributed by atoms with E-state index in [9.17, 15) is 54.3 Å². The van der Waals surface area contributed by atoms with Crippen molar-refractivity contribution in [2.45, 2.75) is 233 Å². The van der Waals surface area contributed by atoms with Crippen molar-refractivity contribution < 1.29 is 91.0 Å². The average Bonchev–Trinajstić information content (AvgIpc) is 1.57. The normalized spacial score (nSPS) is 13.6. The van der Waals surface area contributed by atoms with Crippen LogP contribution in [0.2, 0.25) is 0 Å². The van der Waals surface area contributed by atoms with E-state index in [0.29, 0.717) is 174 Å². The molecule has 10 aromatic carbocycles. The molecule has 15 aromatic rings. The largest absolute Gasteiger partial charge is 0.497 e. The summed E-state index contributed by atoms with van der Waals surface area (Å²) in [7, 11) is 3.17. The van der Waals surface area contributed by atoms with Crippen LogP contribution in [0.5, 0.6) is 41.2 Å². The fourth-order valence-electron chi connectivity index (χ4n) is 18.1. The lowest BCUT2D eigenvalue weighted by molar-refractivity contribution is -0.137. The molecule has 0 fully saturated rings. The highest BCUT2D eigenvalue weighted by molar-refractivity contribution is 9.11. The van der Waals surface area contributed by atoms with Crippen molar-refractivity contribution in [3.8, 4) is 41.2 Å². The first-order valence-corrected chi connectivity index (χ1v) is 48.8. The van der Waals surface area contributed by atoms with Crippen LogP contribution in [0.15, 0.2) is 223 Å². The minimum absolute atomic E-state index is 0. The zero-order valence-corrected chi connectivity index (χ0v) is 88.5. The summed E-state index contributed by atoms with van der Waals surface area (Å²) >= 11 is 13.9. The van der Waals surface area contributed by atoms with Gasteiger partial charge < -0.3 is 62.2 Å². The number of aryl methyl sites for hydroxylation is 1. The first kappa shape index (κ1) is 113. The molecule has 0 aliphatic carbocycles. The van der Waals surface area contributed by atoms with Gasteiger partial charge in [-0.2, -0.15) is 0 Å². The Balaban J connectivity index is 0.000000172. The summed E-state index contributed by atoms with van der Waals surface area (Å²) in [6.07, 6.45) is 0.325. The predicted octanol–water partition coefficient (Wildman–Crippen LogP) is 22.8. The van der Waals surface area contributed by atoms with E-state index in [0.717, 1.165) is 69.4 Å².